The maximum atomic E-state index is 13.4. The average Bonchev–Trinajstić information content (AvgIpc) is 3.31. The Kier molecular flexibility index (Phi) is 4.63. The maximum Gasteiger partial charge on any atom is 0.586 e. The normalized spacial score (nSPS) is 16.5. The standard InChI is InChI=1S/C23H16F2N5O3/c1-29-6-5-19(31)22-18(29)8-15(11-27-22)16-12-28-30(2)17(16)7-14(10-26)13-3-4-20-21(9-13)33-23(24,25)32-20/h3-4,7-9,11-12H,1,5-6H2,2H3. The number of hydrogen-bond acceptors (Lipinski definition) is 7. The van der Waals surface area contributed by atoms with Gasteiger partial charge in [0, 0.05) is 44.4 Å². The van der Waals surface area contributed by atoms with E-state index in [1.807, 2.05) is 6.07 Å². The first-order valence-corrected chi connectivity index (χ1v) is 9.91. The Morgan fingerprint density at radius 2 is 2.06 bits per heavy atom. The molecule has 0 N–H and O–H groups in total. The van der Waals surface area contributed by atoms with Gasteiger partial charge in [-0.3, -0.25) is 14.5 Å². The number of benzene rings is 1. The zero-order chi connectivity index (χ0) is 23.3. The van der Waals surface area contributed by atoms with Crippen LogP contribution in [0.3, 0.4) is 0 Å². The number of anilines is 1. The van der Waals surface area contributed by atoms with Crippen molar-refractivity contribution >= 4 is 23.1 Å². The molecular formula is C23H16F2N5O3. The lowest BCUT2D eigenvalue weighted by atomic mass is 10.00. The SMILES string of the molecule is [CH2]N1CCC(=O)c2ncc(-c3cnn(C)c3C=C(C#N)c3ccc4c(c3)OC(F)(F)O4)cc21. The van der Waals surface area contributed by atoms with E-state index in [9.17, 15) is 18.8 Å². The molecule has 0 saturated carbocycles. The monoisotopic (exact) mass is 448 g/mol. The number of aromatic nitrogens is 3. The molecule has 2 aliphatic heterocycles. The summed E-state index contributed by atoms with van der Waals surface area (Å²) in [6.45, 7) is 0.499. The number of fused-ring (bicyclic) bond motifs is 2. The fourth-order valence-corrected chi connectivity index (χ4v) is 3.81. The third-order valence-electron chi connectivity index (χ3n) is 5.49. The van der Waals surface area contributed by atoms with Crippen molar-refractivity contribution in [2.75, 3.05) is 11.4 Å². The van der Waals surface area contributed by atoms with E-state index in [0.717, 1.165) is 0 Å². The largest absolute Gasteiger partial charge is 0.586 e. The van der Waals surface area contributed by atoms with Gasteiger partial charge in [0.15, 0.2) is 17.3 Å². The Morgan fingerprint density at radius 1 is 1.27 bits per heavy atom. The molecule has 3 aromatic rings. The quantitative estimate of drug-likeness (QED) is 0.558. The minimum Gasteiger partial charge on any atom is -0.395 e. The van der Waals surface area contributed by atoms with Crippen LogP contribution in [0.1, 0.15) is 28.2 Å². The molecule has 8 nitrogen and oxygen atoms in total. The van der Waals surface area contributed by atoms with Gasteiger partial charge in [-0.2, -0.15) is 10.4 Å². The first-order chi connectivity index (χ1) is 15.8. The molecule has 2 aromatic heterocycles. The van der Waals surface area contributed by atoms with Crippen molar-refractivity contribution in [1.29, 1.82) is 5.26 Å². The van der Waals surface area contributed by atoms with Crippen molar-refractivity contribution in [1.82, 2.24) is 14.8 Å². The number of pyridine rings is 1. The number of hydrogen-bond donors (Lipinski definition) is 0. The summed E-state index contributed by atoms with van der Waals surface area (Å²) in [6.07, 6.45) is 1.43. The highest BCUT2D eigenvalue weighted by atomic mass is 19.3. The molecule has 5 rings (SSSR count). The molecule has 0 unspecified atom stereocenters. The Bertz CT molecular complexity index is 1370. The number of halogens is 2. The van der Waals surface area contributed by atoms with E-state index in [-0.39, 0.29) is 22.9 Å². The van der Waals surface area contributed by atoms with Gasteiger partial charge in [0.05, 0.1) is 29.2 Å². The Hall–Kier alpha value is -4.26. The van der Waals surface area contributed by atoms with E-state index in [4.69, 9.17) is 0 Å². The maximum absolute atomic E-state index is 13.4. The molecule has 1 radical (unpaired) electrons. The van der Waals surface area contributed by atoms with Crippen LogP contribution < -0.4 is 14.4 Å². The van der Waals surface area contributed by atoms with Gasteiger partial charge in [0.25, 0.3) is 0 Å². The lowest BCUT2D eigenvalue weighted by Crippen LogP contribution is -2.27. The van der Waals surface area contributed by atoms with Gasteiger partial charge in [0.2, 0.25) is 0 Å². The Labute approximate surface area is 187 Å². The van der Waals surface area contributed by atoms with Crippen LogP contribution in [0.5, 0.6) is 11.5 Å². The smallest absolute Gasteiger partial charge is 0.395 e. The van der Waals surface area contributed by atoms with Gasteiger partial charge in [0.1, 0.15) is 5.69 Å². The van der Waals surface area contributed by atoms with Crippen LogP contribution >= 0.6 is 0 Å². The summed E-state index contributed by atoms with van der Waals surface area (Å²) in [6, 6.07) is 8.07. The summed E-state index contributed by atoms with van der Waals surface area (Å²) >= 11 is 0. The number of allylic oxidation sites excluding steroid dienone is 1. The molecule has 0 fully saturated rings. The van der Waals surface area contributed by atoms with E-state index >= 15 is 0 Å². The van der Waals surface area contributed by atoms with Crippen molar-refractivity contribution < 1.29 is 23.0 Å². The molecule has 0 spiro atoms. The molecule has 0 bridgehead atoms. The number of carbonyl (C=O) groups is 1. The van der Waals surface area contributed by atoms with Crippen molar-refractivity contribution in [3.8, 4) is 28.7 Å². The topological polar surface area (TPSA) is 93.3 Å². The van der Waals surface area contributed by atoms with Crippen LogP contribution in [0.25, 0.3) is 22.8 Å². The Balaban J connectivity index is 1.56. The molecule has 2 aliphatic rings. The van der Waals surface area contributed by atoms with Crippen LogP contribution in [-0.4, -0.2) is 33.4 Å². The zero-order valence-corrected chi connectivity index (χ0v) is 17.4. The lowest BCUT2D eigenvalue weighted by Gasteiger charge is -2.25. The molecule has 0 saturated heterocycles. The van der Waals surface area contributed by atoms with Crippen molar-refractivity contribution in [3.63, 3.8) is 0 Å². The highest BCUT2D eigenvalue weighted by Gasteiger charge is 2.43. The number of nitriles is 1. The van der Waals surface area contributed by atoms with E-state index in [2.05, 4.69) is 32.7 Å². The average molecular weight is 448 g/mol. The van der Waals surface area contributed by atoms with Gasteiger partial charge in [-0.15, -0.1) is 8.78 Å². The fraction of sp³-hybridized carbons (Fsp3) is 0.174. The second-order valence-electron chi connectivity index (χ2n) is 7.59. The second kappa shape index (κ2) is 7.41. The molecule has 10 heteroatoms. The van der Waals surface area contributed by atoms with Crippen molar-refractivity contribution in [2.24, 2.45) is 7.05 Å². The predicted molar refractivity (Wildman–Crippen MR) is 114 cm³/mol. The number of alkyl halides is 2. The number of rotatable bonds is 3. The first kappa shape index (κ1) is 20.6. The van der Waals surface area contributed by atoms with Crippen molar-refractivity contribution in [2.45, 2.75) is 12.7 Å². The molecule has 165 valence electrons. The number of Topliss-reactive ketones (excluding diaryl/α,β-unsaturated/α-hetero) is 1. The molecule has 4 heterocycles. The predicted octanol–water partition coefficient (Wildman–Crippen LogP) is 4.05. The Morgan fingerprint density at radius 3 is 2.85 bits per heavy atom. The number of ether oxygens (including phenoxy) is 2. The van der Waals surface area contributed by atoms with E-state index in [1.54, 1.807) is 35.1 Å². The van der Waals surface area contributed by atoms with Crippen LogP contribution in [0.15, 0.2) is 36.7 Å². The summed E-state index contributed by atoms with van der Waals surface area (Å²) in [5.74, 6) is -0.291. The third kappa shape index (κ3) is 3.57. The fourth-order valence-electron chi connectivity index (χ4n) is 3.81. The molecule has 1 aromatic carbocycles. The molecular weight excluding hydrogens is 432 g/mol. The number of carbonyl (C=O) groups excluding carboxylic acids is 1. The van der Waals surface area contributed by atoms with E-state index in [1.165, 1.54) is 18.2 Å². The van der Waals surface area contributed by atoms with Crippen LogP contribution in [0, 0.1) is 18.4 Å². The summed E-state index contributed by atoms with van der Waals surface area (Å²) in [5, 5.41) is 14.1. The zero-order valence-electron chi connectivity index (χ0n) is 17.4. The molecule has 33 heavy (non-hydrogen) atoms. The summed E-state index contributed by atoms with van der Waals surface area (Å²) in [4.78, 5) is 18.2. The van der Waals surface area contributed by atoms with Gasteiger partial charge in [-0.05, 0) is 35.9 Å². The van der Waals surface area contributed by atoms with Gasteiger partial charge in [-0.1, -0.05) is 0 Å². The third-order valence-corrected chi connectivity index (χ3v) is 5.49. The van der Waals surface area contributed by atoms with Gasteiger partial charge in [-0.25, -0.2) is 0 Å². The first-order valence-electron chi connectivity index (χ1n) is 9.91. The number of ketones is 1. The molecule has 0 aliphatic carbocycles. The minimum absolute atomic E-state index is 0.0390. The summed E-state index contributed by atoms with van der Waals surface area (Å²) < 4.78 is 37.2. The highest BCUT2D eigenvalue weighted by Crippen LogP contribution is 2.42. The van der Waals surface area contributed by atoms with E-state index < -0.39 is 6.29 Å². The van der Waals surface area contributed by atoms with Crippen LogP contribution in [-0.2, 0) is 7.05 Å². The van der Waals surface area contributed by atoms with Gasteiger partial charge < -0.3 is 14.4 Å². The minimum atomic E-state index is -3.74. The highest BCUT2D eigenvalue weighted by molar-refractivity contribution is 6.02. The van der Waals surface area contributed by atoms with Crippen molar-refractivity contribution in [3.05, 3.63) is 60.7 Å². The number of nitrogens with zero attached hydrogens (tertiary/aromatic N) is 5. The van der Waals surface area contributed by atoms with E-state index in [0.29, 0.717) is 46.7 Å². The summed E-state index contributed by atoms with van der Waals surface area (Å²) in [7, 11) is 5.68. The van der Waals surface area contributed by atoms with Crippen LogP contribution in [0.4, 0.5) is 14.5 Å². The summed E-state index contributed by atoms with van der Waals surface area (Å²) in [5.41, 5.74) is 3.55. The van der Waals surface area contributed by atoms with Gasteiger partial charge >= 0.3 is 6.29 Å². The second-order valence-corrected chi connectivity index (χ2v) is 7.59. The lowest BCUT2D eigenvalue weighted by molar-refractivity contribution is -0.286. The van der Waals surface area contributed by atoms with Crippen LogP contribution in [0.2, 0.25) is 0 Å². The molecule has 0 atom stereocenters. The number of aryl methyl sites for hydroxylation is 1. The molecule has 0 amide bonds.